The monoisotopic (exact) mass is 293 g/mol. The van der Waals surface area contributed by atoms with Gasteiger partial charge in [0.25, 0.3) is 0 Å². The van der Waals surface area contributed by atoms with Crippen molar-refractivity contribution in [3.8, 4) is 0 Å². The third-order valence-electron chi connectivity index (χ3n) is 5.07. The highest BCUT2D eigenvalue weighted by Crippen LogP contribution is 2.43. The van der Waals surface area contributed by atoms with Gasteiger partial charge in [0, 0.05) is 12.0 Å². The molecule has 1 unspecified atom stereocenters. The molecule has 0 aliphatic carbocycles. The Labute approximate surface area is 130 Å². The molecule has 112 valence electrons. The number of hydrogen-bond donors (Lipinski definition) is 0. The summed E-state index contributed by atoms with van der Waals surface area (Å²) in [5.41, 5.74) is 2.42. The van der Waals surface area contributed by atoms with Gasteiger partial charge in [-0.15, -0.1) is 0 Å². The van der Waals surface area contributed by atoms with E-state index in [9.17, 15) is 4.79 Å². The average Bonchev–Trinajstić information content (AvgIpc) is 2.97. The molecule has 2 aromatic rings. The maximum absolute atomic E-state index is 12.1. The highest BCUT2D eigenvalue weighted by atomic mass is 16.6. The minimum atomic E-state index is -0.166. The van der Waals surface area contributed by atoms with Crippen LogP contribution in [0.15, 0.2) is 60.7 Å². The fourth-order valence-corrected chi connectivity index (χ4v) is 3.86. The number of nitrogens with zero attached hydrogens (tertiary/aromatic N) is 1. The number of amides is 1. The number of carbonyl (C=O) groups is 1. The van der Waals surface area contributed by atoms with Crippen LogP contribution in [0.5, 0.6) is 0 Å². The van der Waals surface area contributed by atoms with Crippen LogP contribution in [-0.2, 0) is 10.2 Å². The number of fused-ring (bicyclic) bond motifs is 1. The molecule has 2 aliphatic heterocycles. The van der Waals surface area contributed by atoms with Gasteiger partial charge in [0.2, 0.25) is 0 Å². The lowest BCUT2D eigenvalue weighted by atomic mass is 9.68. The zero-order valence-corrected chi connectivity index (χ0v) is 12.4. The Kier molecular flexibility index (Phi) is 3.14. The largest absolute Gasteiger partial charge is 0.447 e. The molecule has 2 aromatic carbocycles. The van der Waals surface area contributed by atoms with E-state index in [-0.39, 0.29) is 17.6 Å². The molecule has 2 aliphatic rings. The molecule has 0 radical (unpaired) electrons. The molecule has 3 nitrogen and oxygen atoms in total. The Morgan fingerprint density at radius 1 is 0.955 bits per heavy atom. The van der Waals surface area contributed by atoms with Gasteiger partial charge in [-0.3, -0.25) is 0 Å². The SMILES string of the molecule is O=C1OCC2CCC(c3ccccc3)(c3ccccc3)CN12. The first kappa shape index (κ1) is 13.4. The van der Waals surface area contributed by atoms with Crippen molar-refractivity contribution in [1.82, 2.24) is 4.90 Å². The molecule has 2 fully saturated rings. The van der Waals surface area contributed by atoms with Gasteiger partial charge in [-0.2, -0.15) is 0 Å². The van der Waals surface area contributed by atoms with Crippen LogP contribution in [0.3, 0.4) is 0 Å². The predicted molar refractivity (Wildman–Crippen MR) is 84.7 cm³/mol. The fourth-order valence-electron chi connectivity index (χ4n) is 3.86. The zero-order valence-electron chi connectivity index (χ0n) is 12.4. The van der Waals surface area contributed by atoms with Crippen LogP contribution in [0.25, 0.3) is 0 Å². The van der Waals surface area contributed by atoms with Gasteiger partial charge in [-0.05, 0) is 24.0 Å². The van der Waals surface area contributed by atoms with Crippen LogP contribution >= 0.6 is 0 Å². The Balaban J connectivity index is 1.82. The number of benzene rings is 2. The number of carbonyl (C=O) groups excluding carboxylic acids is 1. The fraction of sp³-hybridized carbons (Fsp3) is 0.316. The van der Waals surface area contributed by atoms with Crippen molar-refractivity contribution in [2.75, 3.05) is 13.2 Å². The van der Waals surface area contributed by atoms with Crippen molar-refractivity contribution in [3.05, 3.63) is 71.8 Å². The molecular formula is C19H19NO2. The summed E-state index contributed by atoms with van der Waals surface area (Å²) in [4.78, 5) is 14.0. The number of hydrogen-bond acceptors (Lipinski definition) is 2. The zero-order chi connectivity index (χ0) is 15.0. The van der Waals surface area contributed by atoms with E-state index in [0.29, 0.717) is 13.2 Å². The molecule has 0 N–H and O–H groups in total. The molecule has 0 spiro atoms. The Bertz CT molecular complexity index is 629. The summed E-state index contributed by atoms with van der Waals surface area (Å²) in [7, 11) is 0. The molecule has 1 amide bonds. The molecule has 4 rings (SSSR count). The van der Waals surface area contributed by atoms with E-state index < -0.39 is 0 Å². The Morgan fingerprint density at radius 2 is 1.55 bits per heavy atom. The standard InChI is InChI=1S/C19H19NO2/c21-18-20-14-19(12-11-17(20)13-22-18,15-7-3-1-4-8-15)16-9-5-2-6-10-16/h1-10,17H,11-14H2. The number of piperidine rings is 1. The van der Waals surface area contributed by atoms with E-state index in [2.05, 4.69) is 48.5 Å². The van der Waals surface area contributed by atoms with Crippen LogP contribution < -0.4 is 0 Å². The summed E-state index contributed by atoms with van der Waals surface area (Å²) in [6.45, 7) is 1.24. The minimum absolute atomic E-state index is 0.137. The minimum Gasteiger partial charge on any atom is -0.447 e. The lowest BCUT2D eigenvalue weighted by Gasteiger charge is -2.44. The van der Waals surface area contributed by atoms with Crippen molar-refractivity contribution in [2.24, 2.45) is 0 Å². The maximum atomic E-state index is 12.1. The van der Waals surface area contributed by atoms with Crippen molar-refractivity contribution >= 4 is 6.09 Å². The van der Waals surface area contributed by atoms with E-state index in [1.54, 1.807) is 0 Å². The van der Waals surface area contributed by atoms with Crippen LogP contribution in [0, 0.1) is 0 Å². The van der Waals surface area contributed by atoms with Crippen LogP contribution in [0.4, 0.5) is 4.79 Å². The molecule has 1 atom stereocenters. The smallest absolute Gasteiger partial charge is 0.410 e. The second kappa shape index (κ2) is 5.16. The quantitative estimate of drug-likeness (QED) is 0.847. The first-order valence-corrected chi connectivity index (χ1v) is 7.84. The summed E-state index contributed by atoms with van der Waals surface area (Å²) in [5, 5.41) is 0. The molecule has 22 heavy (non-hydrogen) atoms. The second-order valence-corrected chi connectivity index (χ2v) is 6.21. The van der Waals surface area contributed by atoms with Gasteiger partial charge in [-0.25, -0.2) is 4.79 Å². The third kappa shape index (κ3) is 2.00. The molecule has 0 aromatic heterocycles. The molecule has 0 bridgehead atoms. The van der Waals surface area contributed by atoms with Crippen molar-refractivity contribution in [1.29, 1.82) is 0 Å². The first-order chi connectivity index (χ1) is 10.8. The predicted octanol–water partition coefficient (Wildman–Crippen LogP) is 3.59. The van der Waals surface area contributed by atoms with E-state index in [1.807, 2.05) is 17.0 Å². The van der Waals surface area contributed by atoms with Gasteiger partial charge >= 0.3 is 6.09 Å². The van der Waals surface area contributed by atoms with Crippen molar-refractivity contribution in [2.45, 2.75) is 24.3 Å². The number of cyclic esters (lactones) is 1. The molecule has 3 heteroatoms. The van der Waals surface area contributed by atoms with E-state index in [4.69, 9.17) is 4.74 Å². The average molecular weight is 293 g/mol. The molecule has 2 heterocycles. The van der Waals surface area contributed by atoms with Gasteiger partial charge in [-0.1, -0.05) is 60.7 Å². The highest BCUT2D eigenvalue weighted by molar-refractivity contribution is 5.71. The Hall–Kier alpha value is -2.29. The second-order valence-electron chi connectivity index (χ2n) is 6.21. The van der Waals surface area contributed by atoms with Crippen molar-refractivity contribution in [3.63, 3.8) is 0 Å². The van der Waals surface area contributed by atoms with Crippen LogP contribution in [-0.4, -0.2) is 30.2 Å². The number of rotatable bonds is 2. The summed E-state index contributed by atoms with van der Waals surface area (Å²) >= 11 is 0. The van der Waals surface area contributed by atoms with Gasteiger partial charge in [0.15, 0.2) is 0 Å². The lowest BCUT2D eigenvalue weighted by molar-refractivity contribution is 0.139. The number of ether oxygens (including phenoxy) is 1. The Morgan fingerprint density at radius 3 is 2.14 bits per heavy atom. The van der Waals surface area contributed by atoms with Gasteiger partial charge in [0.1, 0.15) is 6.61 Å². The molecule has 0 saturated carbocycles. The third-order valence-corrected chi connectivity index (χ3v) is 5.07. The first-order valence-electron chi connectivity index (χ1n) is 7.84. The summed E-state index contributed by atoms with van der Waals surface area (Å²) in [5.74, 6) is 0. The molecular weight excluding hydrogens is 274 g/mol. The van der Waals surface area contributed by atoms with E-state index in [1.165, 1.54) is 11.1 Å². The normalized spacial score (nSPS) is 23.0. The van der Waals surface area contributed by atoms with Crippen LogP contribution in [0.2, 0.25) is 0 Å². The summed E-state index contributed by atoms with van der Waals surface area (Å²) in [6, 6.07) is 21.3. The van der Waals surface area contributed by atoms with E-state index >= 15 is 0 Å². The summed E-state index contributed by atoms with van der Waals surface area (Å²) in [6.07, 6.45) is 1.86. The van der Waals surface area contributed by atoms with Gasteiger partial charge in [0.05, 0.1) is 6.04 Å². The van der Waals surface area contributed by atoms with E-state index in [0.717, 1.165) is 12.8 Å². The topological polar surface area (TPSA) is 29.5 Å². The molecule has 2 saturated heterocycles. The van der Waals surface area contributed by atoms with Crippen LogP contribution in [0.1, 0.15) is 24.0 Å². The highest BCUT2D eigenvalue weighted by Gasteiger charge is 2.47. The maximum Gasteiger partial charge on any atom is 0.410 e. The van der Waals surface area contributed by atoms with Gasteiger partial charge < -0.3 is 9.64 Å². The van der Waals surface area contributed by atoms with Crippen molar-refractivity contribution < 1.29 is 9.53 Å². The summed E-state index contributed by atoms with van der Waals surface area (Å²) < 4.78 is 5.25. The lowest BCUT2D eigenvalue weighted by Crippen LogP contribution is -2.50.